The molecule has 1 aromatic carbocycles. The van der Waals surface area contributed by atoms with Crippen molar-refractivity contribution < 1.29 is 14.3 Å². The molecule has 2 rings (SSSR count). The van der Waals surface area contributed by atoms with Crippen LogP contribution in [0.3, 0.4) is 0 Å². The summed E-state index contributed by atoms with van der Waals surface area (Å²) in [4.78, 5) is 23.7. The Bertz CT molecular complexity index is 599. The Morgan fingerprint density at radius 2 is 2.19 bits per heavy atom. The minimum absolute atomic E-state index is 0.199. The highest BCUT2D eigenvalue weighted by atomic mass is 79.9. The van der Waals surface area contributed by atoms with Crippen molar-refractivity contribution >= 4 is 49.3 Å². The lowest BCUT2D eigenvalue weighted by molar-refractivity contribution is -0.151. The first-order valence-electron chi connectivity index (χ1n) is 6.64. The Kier molecular flexibility index (Phi) is 5.58. The average molecular weight is 417 g/mol. The third-order valence-electron chi connectivity index (χ3n) is 3.16. The van der Waals surface area contributed by atoms with Crippen molar-refractivity contribution in [2.75, 3.05) is 11.9 Å². The van der Waals surface area contributed by atoms with Crippen LogP contribution in [0.2, 0.25) is 0 Å². The first-order valence-corrected chi connectivity index (χ1v) is 8.23. The summed E-state index contributed by atoms with van der Waals surface area (Å²) in [6.45, 7) is 2.03. The SMILES string of the molecule is CCOC(=O)C1CCC(Nc2ccc(Br)cc2Br)=CC1=O. The van der Waals surface area contributed by atoms with Gasteiger partial charge < -0.3 is 10.1 Å². The number of allylic oxidation sites excluding steroid dienone is 2. The van der Waals surface area contributed by atoms with E-state index in [0.29, 0.717) is 19.4 Å². The molecule has 0 spiro atoms. The number of hydrogen-bond donors (Lipinski definition) is 1. The molecule has 0 bridgehead atoms. The number of esters is 1. The summed E-state index contributed by atoms with van der Waals surface area (Å²) in [5.74, 6) is -1.29. The molecule has 0 heterocycles. The molecule has 0 saturated carbocycles. The summed E-state index contributed by atoms with van der Waals surface area (Å²) in [5.41, 5.74) is 1.69. The van der Waals surface area contributed by atoms with E-state index in [9.17, 15) is 9.59 Å². The fourth-order valence-electron chi connectivity index (χ4n) is 2.13. The Labute approximate surface area is 140 Å². The zero-order valence-corrected chi connectivity index (χ0v) is 14.7. The number of hydrogen-bond acceptors (Lipinski definition) is 4. The van der Waals surface area contributed by atoms with Gasteiger partial charge in [-0.05, 0) is 53.9 Å². The second kappa shape index (κ2) is 7.22. The van der Waals surface area contributed by atoms with Crippen LogP contribution in [-0.4, -0.2) is 18.4 Å². The number of carbonyl (C=O) groups excluding carboxylic acids is 2. The van der Waals surface area contributed by atoms with E-state index in [0.717, 1.165) is 20.3 Å². The monoisotopic (exact) mass is 415 g/mol. The van der Waals surface area contributed by atoms with Crippen molar-refractivity contribution in [1.82, 2.24) is 0 Å². The van der Waals surface area contributed by atoms with Crippen LogP contribution in [-0.2, 0) is 14.3 Å². The summed E-state index contributed by atoms with van der Waals surface area (Å²) >= 11 is 6.86. The van der Waals surface area contributed by atoms with Crippen molar-refractivity contribution in [3.8, 4) is 0 Å². The molecule has 1 N–H and O–H groups in total. The minimum Gasteiger partial charge on any atom is -0.465 e. The van der Waals surface area contributed by atoms with Gasteiger partial charge in [0.1, 0.15) is 5.92 Å². The van der Waals surface area contributed by atoms with E-state index >= 15 is 0 Å². The first-order chi connectivity index (χ1) is 10.0. The van der Waals surface area contributed by atoms with E-state index in [1.165, 1.54) is 6.08 Å². The third-order valence-corrected chi connectivity index (χ3v) is 4.31. The number of anilines is 1. The highest BCUT2D eigenvalue weighted by molar-refractivity contribution is 9.11. The van der Waals surface area contributed by atoms with Gasteiger partial charge in [-0.25, -0.2) is 0 Å². The van der Waals surface area contributed by atoms with Gasteiger partial charge in [0, 0.05) is 20.7 Å². The molecule has 0 fully saturated rings. The van der Waals surface area contributed by atoms with Gasteiger partial charge in [-0.3, -0.25) is 9.59 Å². The quantitative estimate of drug-likeness (QED) is 0.594. The molecular weight excluding hydrogens is 402 g/mol. The highest BCUT2D eigenvalue weighted by Crippen LogP contribution is 2.30. The predicted molar refractivity (Wildman–Crippen MR) is 87.9 cm³/mol. The fraction of sp³-hybridized carbons (Fsp3) is 0.333. The third kappa shape index (κ3) is 4.17. The van der Waals surface area contributed by atoms with Crippen molar-refractivity contribution in [3.05, 3.63) is 38.9 Å². The van der Waals surface area contributed by atoms with Gasteiger partial charge in [-0.2, -0.15) is 0 Å². The van der Waals surface area contributed by atoms with Crippen LogP contribution in [0.5, 0.6) is 0 Å². The maximum absolute atomic E-state index is 12.0. The van der Waals surface area contributed by atoms with E-state index in [-0.39, 0.29) is 5.78 Å². The molecule has 1 aliphatic carbocycles. The van der Waals surface area contributed by atoms with Crippen LogP contribution in [0.4, 0.5) is 5.69 Å². The molecular formula is C15H15Br2NO3. The van der Waals surface area contributed by atoms with Crippen LogP contribution in [0, 0.1) is 5.92 Å². The minimum atomic E-state index is -0.663. The number of benzene rings is 1. The normalized spacial score (nSPS) is 18.1. The zero-order valence-electron chi connectivity index (χ0n) is 11.5. The van der Waals surface area contributed by atoms with Crippen molar-refractivity contribution in [2.24, 2.45) is 5.92 Å². The van der Waals surface area contributed by atoms with E-state index in [1.807, 2.05) is 18.2 Å². The summed E-state index contributed by atoms with van der Waals surface area (Å²) < 4.78 is 6.78. The van der Waals surface area contributed by atoms with Crippen LogP contribution < -0.4 is 5.32 Å². The zero-order chi connectivity index (χ0) is 15.4. The van der Waals surface area contributed by atoms with Gasteiger partial charge in [0.15, 0.2) is 5.78 Å². The van der Waals surface area contributed by atoms with Crippen molar-refractivity contribution in [1.29, 1.82) is 0 Å². The second-order valence-electron chi connectivity index (χ2n) is 4.66. The molecule has 0 aromatic heterocycles. The van der Waals surface area contributed by atoms with Gasteiger partial charge in [0.25, 0.3) is 0 Å². The van der Waals surface area contributed by atoms with E-state index in [1.54, 1.807) is 6.92 Å². The van der Waals surface area contributed by atoms with Crippen LogP contribution in [0.25, 0.3) is 0 Å². The number of carbonyl (C=O) groups is 2. The number of halogens is 2. The van der Waals surface area contributed by atoms with Gasteiger partial charge >= 0.3 is 5.97 Å². The fourth-order valence-corrected chi connectivity index (χ4v) is 3.27. The van der Waals surface area contributed by atoms with E-state index in [4.69, 9.17) is 4.74 Å². The van der Waals surface area contributed by atoms with Gasteiger partial charge in [-0.1, -0.05) is 15.9 Å². The van der Waals surface area contributed by atoms with Gasteiger partial charge in [0.2, 0.25) is 0 Å². The predicted octanol–water partition coefficient (Wildman–Crippen LogP) is 4.05. The number of nitrogens with one attached hydrogen (secondary N) is 1. The Morgan fingerprint density at radius 1 is 1.43 bits per heavy atom. The topological polar surface area (TPSA) is 55.4 Å². The maximum Gasteiger partial charge on any atom is 0.316 e. The van der Waals surface area contributed by atoms with Gasteiger partial charge in [0.05, 0.1) is 12.3 Å². The molecule has 1 atom stereocenters. The van der Waals surface area contributed by atoms with Crippen LogP contribution in [0.1, 0.15) is 19.8 Å². The summed E-state index contributed by atoms with van der Waals surface area (Å²) in [6, 6.07) is 5.76. The van der Waals surface area contributed by atoms with Crippen molar-refractivity contribution in [2.45, 2.75) is 19.8 Å². The van der Waals surface area contributed by atoms with E-state index in [2.05, 4.69) is 37.2 Å². The van der Waals surface area contributed by atoms with E-state index < -0.39 is 11.9 Å². The molecule has 4 nitrogen and oxygen atoms in total. The average Bonchev–Trinajstić information content (AvgIpc) is 2.42. The lowest BCUT2D eigenvalue weighted by atomic mass is 9.91. The molecule has 1 aromatic rings. The Morgan fingerprint density at radius 3 is 2.81 bits per heavy atom. The molecule has 0 amide bonds. The Hall–Kier alpha value is -1.14. The molecule has 112 valence electrons. The molecule has 6 heteroatoms. The van der Waals surface area contributed by atoms with Crippen molar-refractivity contribution in [3.63, 3.8) is 0 Å². The molecule has 1 aliphatic rings. The molecule has 1 unspecified atom stereocenters. The molecule has 0 radical (unpaired) electrons. The smallest absolute Gasteiger partial charge is 0.316 e. The highest BCUT2D eigenvalue weighted by Gasteiger charge is 2.30. The molecule has 0 aliphatic heterocycles. The van der Waals surface area contributed by atoms with Crippen LogP contribution >= 0.6 is 31.9 Å². The maximum atomic E-state index is 12.0. The summed E-state index contributed by atoms with van der Waals surface area (Å²) in [5, 5.41) is 3.22. The summed E-state index contributed by atoms with van der Waals surface area (Å²) in [7, 11) is 0. The number of ether oxygens (including phenoxy) is 1. The van der Waals surface area contributed by atoms with Crippen LogP contribution in [0.15, 0.2) is 38.9 Å². The number of ketones is 1. The lowest BCUT2D eigenvalue weighted by Crippen LogP contribution is -2.28. The standard InChI is InChI=1S/C15H15Br2NO3/c1-2-21-15(20)11-5-4-10(8-14(11)19)18-13-6-3-9(16)7-12(13)17/h3,6-8,11,18H,2,4-5H2,1H3. The second-order valence-corrected chi connectivity index (χ2v) is 6.43. The largest absolute Gasteiger partial charge is 0.465 e. The molecule has 0 saturated heterocycles. The molecule has 21 heavy (non-hydrogen) atoms. The first kappa shape index (κ1) is 16.2. The number of rotatable bonds is 4. The lowest BCUT2D eigenvalue weighted by Gasteiger charge is -2.21. The van der Waals surface area contributed by atoms with Gasteiger partial charge in [-0.15, -0.1) is 0 Å². The Balaban J connectivity index is 2.08. The summed E-state index contributed by atoms with van der Waals surface area (Å²) in [6.07, 6.45) is 2.61.